The van der Waals surface area contributed by atoms with Gasteiger partial charge in [-0.25, -0.2) is 0 Å². The van der Waals surface area contributed by atoms with E-state index in [1.807, 2.05) is 0 Å². The van der Waals surface area contributed by atoms with Gasteiger partial charge in [-0.3, -0.25) is 0 Å². The summed E-state index contributed by atoms with van der Waals surface area (Å²) in [6.07, 6.45) is 4.09. The van der Waals surface area contributed by atoms with Crippen LogP contribution in [0.25, 0.3) is 0 Å². The average Bonchev–Trinajstić information content (AvgIpc) is 2.60. The largest absolute Gasteiger partial charge is 0.498 e. The smallest absolute Gasteiger partial charge is 0.416 e. The standard InChI is InChI=1S/C19H29F3O2Si/c1-23-12-4-2-3-5-16-10-13-25(14-11-16)15-24-18-8-6-17(7-9-18)19(20,21)22/h6-9,16,25H,2-5,10-15H2,1H3. The normalized spacial score (nSPS) is 21.3. The number of alkyl halides is 3. The van der Waals surface area contributed by atoms with Gasteiger partial charge in [0.1, 0.15) is 5.75 Å². The van der Waals surface area contributed by atoms with Gasteiger partial charge in [0, 0.05) is 13.7 Å². The van der Waals surface area contributed by atoms with Crippen molar-refractivity contribution in [3.05, 3.63) is 29.8 Å². The van der Waals surface area contributed by atoms with Crippen molar-refractivity contribution in [1.82, 2.24) is 0 Å². The molecule has 142 valence electrons. The molecule has 1 aromatic carbocycles. The molecule has 1 aliphatic heterocycles. The Labute approximate surface area is 150 Å². The van der Waals surface area contributed by atoms with Gasteiger partial charge in [0.2, 0.25) is 0 Å². The fourth-order valence-corrected chi connectivity index (χ4v) is 6.43. The van der Waals surface area contributed by atoms with Crippen molar-refractivity contribution in [2.45, 2.75) is 56.8 Å². The fraction of sp³-hybridized carbons (Fsp3) is 0.684. The lowest BCUT2D eigenvalue weighted by Crippen LogP contribution is -2.28. The molecule has 1 aliphatic rings. The molecule has 1 aromatic rings. The van der Waals surface area contributed by atoms with E-state index >= 15 is 0 Å². The van der Waals surface area contributed by atoms with Crippen LogP contribution in [0.3, 0.4) is 0 Å². The zero-order valence-corrected chi connectivity index (χ0v) is 16.1. The van der Waals surface area contributed by atoms with Gasteiger partial charge in [0.25, 0.3) is 0 Å². The van der Waals surface area contributed by atoms with Gasteiger partial charge >= 0.3 is 6.18 Å². The Balaban J connectivity index is 1.62. The number of hydrogen-bond acceptors (Lipinski definition) is 2. The van der Waals surface area contributed by atoms with Crippen molar-refractivity contribution in [2.24, 2.45) is 5.92 Å². The van der Waals surface area contributed by atoms with Gasteiger partial charge in [-0.2, -0.15) is 13.2 Å². The Kier molecular flexibility index (Phi) is 8.29. The van der Waals surface area contributed by atoms with Crippen LogP contribution in [0, 0.1) is 5.92 Å². The molecule has 1 heterocycles. The Hall–Kier alpha value is -1.01. The van der Waals surface area contributed by atoms with Crippen LogP contribution in [-0.4, -0.2) is 28.7 Å². The van der Waals surface area contributed by atoms with E-state index in [1.165, 1.54) is 56.3 Å². The molecule has 0 aliphatic carbocycles. The van der Waals surface area contributed by atoms with Gasteiger partial charge in [-0.05, 0) is 36.6 Å². The van der Waals surface area contributed by atoms with E-state index < -0.39 is 20.5 Å². The van der Waals surface area contributed by atoms with Crippen LogP contribution in [0.2, 0.25) is 12.1 Å². The third-order valence-corrected chi connectivity index (χ3v) is 8.03. The highest BCUT2D eigenvalue weighted by Gasteiger charge is 2.30. The first-order valence-corrected chi connectivity index (χ1v) is 11.7. The van der Waals surface area contributed by atoms with E-state index in [0.717, 1.165) is 37.3 Å². The number of methoxy groups -OCH3 is 1. The summed E-state index contributed by atoms with van der Waals surface area (Å²) in [4.78, 5) is 0. The minimum absolute atomic E-state index is 0.556. The van der Waals surface area contributed by atoms with E-state index in [4.69, 9.17) is 9.47 Å². The minimum atomic E-state index is -4.28. The van der Waals surface area contributed by atoms with Crippen LogP contribution >= 0.6 is 0 Å². The first-order valence-electron chi connectivity index (χ1n) is 9.28. The van der Waals surface area contributed by atoms with Crippen molar-refractivity contribution < 1.29 is 22.6 Å². The number of benzene rings is 1. The van der Waals surface area contributed by atoms with Crippen LogP contribution in [0.1, 0.15) is 44.1 Å². The lowest BCUT2D eigenvalue weighted by atomic mass is 9.95. The van der Waals surface area contributed by atoms with E-state index in [-0.39, 0.29) is 0 Å². The monoisotopic (exact) mass is 374 g/mol. The molecule has 0 N–H and O–H groups in total. The topological polar surface area (TPSA) is 18.5 Å². The van der Waals surface area contributed by atoms with Crippen LogP contribution in [0.4, 0.5) is 13.2 Å². The first-order chi connectivity index (χ1) is 12.0. The number of unbranched alkanes of at least 4 members (excludes halogenated alkanes) is 2. The maximum absolute atomic E-state index is 12.5. The summed E-state index contributed by atoms with van der Waals surface area (Å²) in [7, 11) is 0.852. The Morgan fingerprint density at radius 3 is 2.32 bits per heavy atom. The maximum atomic E-state index is 12.5. The van der Waals surface area contributed by atoms with Crippen LogP contribution in [-0.2, 0) is 10.9 Å². The molecule has 1 fully saturated rings. The molecule has 0 unspecified atom stereocenters. The van der Waals surface area contributed by atoms with Crippen molar-refractivity contribution in [3.63, 3.8) is 0 Å². The molecule has 0 atom stereocenters. The molecule has 0 amide bonds. The average molecular weight is 375 g/mol. The third-order valence-electron chi connectivity index (χ3n) is 5.09. The SMILES string of the molecule is COCCCCCC1CC[SiH](COc2ccc(C(F)(F)F)cc2)CC1. The van der Waals surface area contributed by atoms with Crippen LogP contribution < -0.4 is 4.74 Å². The summed E-state index contributed by atoms with van der Waals surface area (Å²) < 4.78 is 48.5. The lowest BCUT2D eigenvalue weighted by Gasteiger charge is -2.27. The fourth-order valence-electron chi connectivity index (χ4n) is 3.50. The molecule has 2 nitrogen and oxygen atoms in total. The Morgan fingerprint density at radius 2 is 1.72 bits per heavy atom. The zero-order chi connectivity index (χ0) is 18.1. The second-order valence-electron chi connectivity index (χ2n) is 7.06. The number of hydrogen-bond donors (Lipinski definition) is 0. The first kappa shape index (κ1) is 20.3. The zero-order valence-electron chi connectivity index (χ0n) is 15.0. The van der Waals surface area contributed by atoms with E-state index in [1.54, 1.807) is 7.11 Å². The Morgan fingerprint density at radius 1 is 1.04 bits per heavy atom. The van der Waals surface area contributed by atoms with Crippen molar-refractivity contribution in [1.29, 1.82) is 0 Å². The van der Waals surface area contributed by atoms with Crippen molar-refractivity contribution in [3.8, 4) is 5.75 Å². The number of halogens is 3. The summed E-state index contributed by atoms with van der Waals surface area (Å²) >= 11 is 0. The molecule has 0 aromatic heterocycles. The number of rotatable bonds is 9. The highest BCUT2D eigenvalue weighted by molar-refractivity contribution is 6.58. The predicted molar refractivity (Wildman–Crippen MR) is 96.8 cm³/mol. The Bertz CT molecular complexity index is 482. The van der Waals surface area contributed by atoms with Gasteiger partial charge in [-0.1, -0.05) is 44.2 Å². The molecule has 0 bridgehead atoms. The van der Waals surface area contributed by atoms with Crippen molar-refractivity contribution >= 4 is 8.80 Å². The van der Waals surface area contributed by atoms with Gasteiger partial charge < -0.3 is 9.47 Å². The van der Waals surface area contributed by atoms with E-state index in [0.29, 0.717) is 5.75 Å². The van der Waals surface area contributed by atoms with Gasteiger partial charge in [-0.15, -0.1) is 0 Å². The summed E-state index contributed by atoms with van der Waals surface area (Å²) in [5, 5.41) is 0. The summed E-state index contributed by atoms with van der Waals surface area (Å²) in [5.41, 5.74) is -0.622. The van der Waals surface area contributed by atoms with Crippen LogP contribution in [0.15, 0.2) is 24.3 Å². The predicted octanol–water partition coefficient (Wildman–Crippen LogP) is 5.47. The minimum Gasteiger partial charge on any atom is -0.498 e. The molecule has 0 saturated carbocycles. The van der Waals surface area contributed by atoms with E-state index in [2.05, 4.69) is 0 Å². The molecule has 0 radical (unpaired) electrons. The molecule has 1 saturated heterocycles. The highest BCUT2D eigenvalue weighted by atomic mass is 28.3. The summed E-state index contributed by atoms with van der Waals surface area (Å²) in [5.74, 6) is 1.41. The van der Waals surface area contributed by atoms with E-state index in [9.17, 15) is 13.2 Å². The maximum Gasteiger partial charge on any atom is 0.416 e. The molecule has 6 heteroatoms. The molecule has 2 rings (SSSR count). The van der Waals surface area contributed by atoms with Gasteiger partial charge in [0.15, 0.2) is 0 Å². The highest BCUT2D eigenvalue weighted by Crippen LogP contribution is 2.31. The molecule has 25 heavy (non-hydrogen) atoms. The second-order valence-corrected chi connectivity index (χ2v) is 10.3. The molecule has 0 spiro atoms. The molecular weight excluding hydrogens is 345 g/mol. The third kappa shape index (κ3) is 7.40. The number of ether oxygens (including phenoxy) is 2. The quantitative estimate of drug-likeness (QED) is 0.422. The lowest BCUT2D eigenvalue weighted by molar-refractivity contribution is -0.137. The van der Waals surface area contributed by atoms with Crippen LogP contribution in [0.5, 0.6) is 5.75 Å². The molecular formula is C19H29F3O2Si. The van der Waals surface area contributed by atoms with Gasteiger partial charge in [0.05, 0.1) is 20.6 Å². The summed E-state index contributed by atoms with van der Waals surface area (Å²) in [6.45, 7) is 0.862. The summed E-state index contributed by atoms with van der Waals surface area (Å²) in [6, 6.07) is 7.65. The second kappa shape index (κ2) is 10.2. The van der Waals surface area contributed by atoms with Crippen molar-refractivity contribution in [2.75, 3.05) is 19.9 Å².